The number of piperazine rings is 1. The van der Waals surface area contributed by atoms with Crippen LogP contribution in [0.2, 0.25) is 0 Å². The number of hydrogen-bond donors (Lipinski definition) is 1. The van der Waals surface area contributed by atoms with Crippen LogP contribution in [0.4, 0.5) is 0 Å². The summed E-state index contributed by atoms with van der Waals surface area (Å²) in [6, 6.07) is 6.55. The van der Waals surface area contributed by atoms with E-state index in [1.54, 1.807) is 0 Å². The summed E-state index contributed by atoms with van der Waals surface area (Å²) in [5, 5.41) is 0. The Morgan fingerprint density at radius 2 is 1.67 bits per heavy atom. The van der Waals surface area contributed by atoms with Crippen molar-refractivity contribution in [3.63, 3.8) is 0 Å². The second-order valence-electron chi connectivity index (χ2n) is 9.29. The van der Waals surface area contributed by atoms with E-state index in [9.17, 15) is 9.59 Å². The summed E-state index contributed by atoms with van der Waals surface area (Å²) < 4.78 is 5.06. The Balaban J connectivity index is 1.43. The number of aryl methyl sites for hydroxylation is 2. The molecule has 3 rings (SSSR count). The summed E-state index contributed by atoms with van der Waals surface area (Å²) in [7, 11) is 0. The molecule has 184 valence electrons. The number of carbonyl (C=O) groups excluding carboxylic acids is 2. The number of nitrogens with two attached hydrogens (primary N) is 1. The number of carbonyl (C=O) groups is 2. The number of rotatable bonds is 9. The first kappa shape index (κ1) is 25.7. The van der Waals surface area contributed by atoms with Crippen molar-refractivity contribution in [3.8, 4) is 0 Å². The zero-order valence-corrected chi connectivity index (χ0v) is 20.7. The van der Waals surface area contributed by atoms with Crippen LogP contribution in [0, 0.1) is 0 Å². The molecule has 2 aliphatic heterocycles. The van der Waals surface area contributed by atoms with Crippen molar-refractivity contribution in [2.24, 2.45) is 5.73 Å². The van der Waals surface area contributed by atoms with Crippen LogP contribution >= 0.6 is 0 Å². The first-order chi connectivity index (χ1) is 15.9. The van der Waals surface area contributed by atoms with Crippen LogP contribution in [-0.4, -0.2) is 91.1 Å². The van der Waals surface area contributed by atoms with Crippen LogP contribution < -0.4 is 5.73 Å². The Morgan fingerprint density at radius 1 is 1.00 bits per heavy atom. The maximum atomic E-state index is 13.0. The number of amides is 1. The van der Waals surface area contributed by atoms with Gasteiger partial charge in [-0.05, 0) is 55.7 Å². The second-order valence-corrected chi connectivity index (χ2v) is 9.29. The normalized spacial score (nSPS) is 19.5. The standard InChI is InChI=1S/C26H42N4O3/c1-4-21-8-7-20(17-22(21)5-2)18-24(27)26(32)30-11-9-23(10-12-30)29-15-13-28(14-16-29)19-25(31)33-6-3/h7-8,17,23-24H,4-6,9-16,18-19,27H2,1-3H3. The lowest BCUT2D eigenvalue weighted by atomic mass is 9.96. The fourth-order valence-corrected chi connectivity index (χ4v) is 5.18. The molecule has 1 aromatic carbocycles. The highest BCUT2D eigenvalue weighted by Crippen LogP contribution is 2.20. The Kier molecular flexibility index (Phi) is 9.71. The summed E-state index contributed by atoms with van der Waals surface area (Å²) >= 11 is 0. The van der Waals surface area contributed by atoms with Crippen molar-refractivity contribution in [1.82, 2.24) is 14.7 Å². The van der Waals surface area contributed by atoms with Gasteiger partial charge in [-0.15, -0.1) is 0 Å². The largest absolute Gasteiger partial charge is 0.465 e. The number of hydrogen-bond acceptors (Lipinski definition) is 6. The Labute approximate surface area is 199 Å². The SMILES string of the molecule is CCOC(=O)CN1CCN(C2CCN(C(=O)C(N)Cc3ccc(CC)c(CC)c3)CC2)CC1. The molecule has 2 heterocycles. The van der Waals surface area contributed by atoms with Gasteiger partial charge in [-0.1, -0.05) is 32.0 Å². The van der Waals surface area contributed by atoms with Crippen molar-refractivity contribution in [3.05, 3.63) is 34.9 Å². The molecule has 0 aromatic heterocycles. The van der Waals surface area contributed by atoms with Gasteiger partial charge >= 0.3 is 5.97 Å². The number of nitrogens with zero attached hydrogens (tertiary/aromatic N) is 3. The molecule has 7 heteroatoms. The molecule has 1 aromatic rings. The van der Waals surface area contributed by atoms with Gasteiger partial charge in [-0.3, -0.25) is 19.4 Å². The number of ether oxygens (including phenoxy) is 1. The maximum Gasteiger partial charge on any atom is 0.320 e. The molecular formula is C26H42N4O3. The zero-order valence-electron chi connectivity index (χ0n) is 20.7. The van der Waals surface area contributed by atoms with E-state index in [0.717, 1.165) is 70.5 Å². The van der Waals surface area contributed by atoms with E-state index in [2.05, 4.69) is 41.8 Å². The number of piperidine rings is 1. The monoisotopic (exact) mass is 458 g/mol. The van der Waals surface area contributed by atoms with Crippen molar-refractivity contribution in [1.29, 1.82) is 0 Å². The summed E-state index contributed by atoms with van der Waals surface area (Å²) in [6.07, 6.45) is 4.61. The molecule has 1 atom stereocenters. The average molecular weight is 459 g/mol. The van der Waals surface area contributed by atoms with Crippen LogP contribution in [0.5, 0.6) is 0 Å². The zero-order chi connectivity index (χ0) is 23.8. The molecule has 0 aliphatic carbocycles. The predicted octanol–water partition coefficient (Wildman–Crippen LogP) is 1.85. The first-order valence-electron chi connectivity index (χ1n) is 12.7. The molecule has 2 aliphatic rings. The van der Waals surface area contributed by atoms with Crippen molar-refractivity contribution < 1.29 is 14.3 Å². The van der Waals surface area contributed by atoms with Crippen molar-refractivity contribution in [2.45, 2.75) is 65.0 Å². The lowest BCUT2D eigenvalue weighted by Crippen LogP contribution is -2.55. The van der Waals surface area contributed by atoms with E-state index in [0.29, 0.717) is 25.6 Å². The first-order valence-corrected chi connectivity index (χ1v) is 12.7. The summed E-state index contributed by atoms with van der Waals surface area (Å²) in [5.41, 5.74) is 10.2. The Bertz CT molecular complexity index is 784. The van der Waals surface area contributed by atoms with Gasteiger partial charge in [0.15, 0.2) is 0 Å². The lowest BCUT2D eigenvalue weighted by molar-refractivity contribution is -0.144. The number of benzene rings is 1. The molecule has 1 unspecified atom stereocenters. The van der Waals surface area contributed by atoms with Crippen molar-refractivity contribution in [2.75, 3.05) is 52.4 Å². The van der Waals surface area contributed by atoms with E-state index in [1.165, 1.54) is 11.1 Å². The van der Waals surface area contributed by atoms with Crippen LogP contribution in [0.3, 0.4) is 0 Å². The number of likely N-dealkylation sites (tertiary alicyclic amines) is 1. The fourth-order valence-electron chi connectivity index (χ4n) is 5.18. The van der Waals surface area contributed by atoms with E-state index < -0.39 is 6.04 Å². The predicted molar refractivity (Wildman–Crippen MR) is 131 cm³/mol. The third-order valence-corrected chi connectivity index (χ3v) is 7.16. The minimum atomic E-state index is -0.481. The molecule has 2 N–H and O–H groups in total. The molecule has 7 nitrogen and oxygen atoms in total. The van der Waals surface area contributed by atoms with Gasteiger partial charge in [-0.25, -0.2) is 0 Å². The van der Waals surface area contributed by atoms with Crippen LogP contribution in [0.1, 0.15) is 50.3 Å². The third kappa shape index (κ3) is 7.01. The van der Waals surface area contributed by atoms with E-state index in [4.69, 9.17) is 10.5 Å². The molecule has 0 radical (unpaired) electrons. The molecule has 1 amide bonds. The lowest BCUT2D eigenvalue weighted by Gasteiger charge is -2.43. The quantitative estimate of drug-likeness (QED) is 0.569. The van der Waals surface area contributed by atoms with Gasteiger partial charge in [0, 0.05) is 45.3 Å². The van der Waals surface area contributed by atoms with Gasteiger partial charge in [0.2, 0.25) is 5.91 Å². The second kappa shape index (κ2) is 12.5. The van der Waals surface area contributed by atoms with Gasteiger partial charge in [-0.2, -0.15) is 0 Å². The van der Waals surface area contributed by atoms with Gasteiger partial charge < -0.3 is 15.4 Å². The van der Waals surface area contributed by atoms with Crippen LogP contribution in [-0.2, 0) is 33.6 Å². The smallest absolute Gasteiger partial charge is 0.320 e. The number of esters is 1. The van der Waals surface area contributed by atoms with Crippen LogP contribution in [0.15, 0.2) is 18.2 Å². The highest BCUT2D eigenvalue weighted by Gasteiger charge is 2.31. The summed E-state index contributed by atoms with van der Waals surface area (Å²) in [6.45, 7) is 12.3. The highest BCUT2D eigenvalue weighted by molar-refractivity contribution is 5.82. The molecule has 33 heavy (non-hydrogen) atoms. The average Bonchev–Trinajstić information content (AvgIpc) is 2.84. The fraction of sp³-hybridized carbons (Fsp3) is 0.692. The topological polar surface area (TPSA) is 79.1 Å². The molecule has 0 spiro atoms. The Hall–Kier alpha value is -1.96. The van der Waals surface area contributed by atoms with E-state index in [1.807, 2.05) is 11.8 Å². The molecule has 2 fully saturated rings. The van der Waals surface area contributed by atoms with E-state index >= 15 is 0 Å². The van der Waals surface area contributed by atoms with Crippen molar-refractivity contribution >= 4 is 11.9 Å². The Morgan fingerprint density at radius 3 is 2.27 bits per heavy atom. The minimum absolute atomic E-state index is 0.0744. The van der Waals surface area contributed by atoms with Gasteiger partial charge in [0.05, 0.1) is 19.2 Å². The van der Waals surface area contributed by atoms with E-state index in [-0.39, 0.29) is 11.9 Å². The maximum absolute atomic E-state index is 13.0. The summed E-state index contributed by atoms with van der Waals surface area (Å²) in [4.78, 5) is 31.3. The van der Waals surface area contributed by atoms with Gasteiger partial charge in [0.1, 0.15) is 0 Å². The minimum Gasteiger partial charge on any atom is -0.465 e. The third-order valence-electron chi connectivity index (χ3n) is 7.16. The van der Waals surface area contributed by atoms with Gasteiger partial charge in [0.25, 0.3) is 0 Å². The molecule has 0 bridgehead atoms. The highest BCUT2D eigenvalue weighted by atomic mass is 16.5. The summed E-state index contributed by atoms with van der Waals surface area (Å²) in [5.74, 6) is -0.0633. The van der Waals surface area contributed by atoms with Crippen LogP contribution in [0.25, 0.3) is 0 Å². The molecule has 2 saturated heterocycles. The molecule has 0 saturated carbocycles. The molecular weight excluding hydrogens is 416 g/mol.